The van der Waals surface area contributed by atoms with Crippen molar-refractivity contribution < 1.29 is 34.7 Å². The third-order valence-electron chi connectivity index (χ3n) is 2.08. The Morgan fingerprint density at radius 3 is 2.46 bits per heavy atom. The Balaban J connectivity index is 0.000000845. The Morgan fingerprint density at radius 1 is 1.00 bits per heavy atom. The van der Waals surface area contributed by atoms with Crippen molar-refractivity contribution in [2.24, 2.45) is 0 Å². The monoisotopic (exact) mass is 180 g/mol. The van der Waals surface area contributed by atoms with Crippen molar-refractivity contribution >= 4 is 10.8 Å². The molecule has 2 aromatic rings. The second-order valence-corrected chi connectivity index (χ2v) is 2.93. The van der Waals surface area contributed by atoms with Gasteiger partial charge in [0.05, 0.1) is 0 Å². The van der Waals surface area contributed by atoms with Gasteiger partial charge in [-0.2, -0.15) is 0 Å². The average molecular weight is 180 g/mol. The van der Waals surface area contributed by atoms with Crippen molar-refractivity contribution in [2.45, 2.75) is 6.92 Å². The van der Waals surface area contributed by atoms with Crippen molar-refractivity contribution in [1.82, 2.24) is 0 Å². The summed E-state index contributed by atoms with van der Waals surface area (Å²) in [5, 5.41) is 13.4. The van der Waals surface area contributed by atoms with E-state index in [2.05, 4.69) is 0 Å². The third kappa shape index (κ3) is 1.88. The maximum absolute atomic E-state index is 11.5. The summed E-state index contributed by atoms with van der Waals surface area (Å²) in [4.78, 5) is 0. The van der Waals surface area contributed by atoms with E-state index in [0.717, 1.165) is 16.3 Å². The molecule has 0 N–H and O–H groups in total. The van der Waals surface area contributed by atoms with Gasteiger partial charge in [-0.15, -0.1) is 0 Å². The summed E-state index contributed by atoms with van der Waals surface area (Å²) in [6.07, 6.45) is 0. The van der Waals surface area contributed by atoms with Gasteiger partial charge in [0.15, 0.2) is 0 Å². The van der Waals surface area contributed by atoms with Gasteiger partial charge in [-0.3, -0.25) is 0 Å². The SMILES string of the molecule is Cc1ccc2ccccc2c1[O-].[Na+]. The minimum absolute atomic E-state index is 0. The topological polar surface area (TPSA) is 23.1 Å². The predicted octanol–water partition coefficient (Wildman–Crippen LogP) is -0.774. The van der Waals surface area contributed by atoms with Gasteiger partial charge in [0.1, 0.15) is 0 Å². The van der Waals surface area contributed by atoms with Gasteiger partial charge in [-0.05, 0) is 17.7 Å². The van der Waals surface area contributed by atoms with Gasteiger partial charge < -0.3 is 5.11 Å². The molecule has 0 amide bonds. The Morgan fingerprint density at radius 2 is 1.69 bits per heavy atom. The summed E-state index contributed by atoms with van der Waals surface area (Å²) in [5.41, 5.74) is 0.814. The molecule has 2 rings (SSSR count). The molecule has 2 heteroatoms. The van der Waals surface area contributed by atoms with Crippen LogP contribution in [-0.4, -0.2) is 0 Å². The fourth-order valence-corrected chi connectivity index (χ4v) is 1.35. The minimum atomic E-state index is 0. The van der Waals surface area contributed by atoms with Crippen molar-refractivity contribution in [1.29, 1.82) is 0 Å². The van der Waals surface area contributed by atoms with Crippen LogP contribution < -0.4 is 34.7 Å². The molecular weight excluding hydrogens is 171 g/mol. The largest absolute Gasteiger partial charge is 1.00 e. The van der Waals surface area contributed by atoms with Crippen molar-refractivity contribution in [3.8, 4) is 5.75 Å². The van der Waals surface area contributed by atoms with E-state index in [0.29, 0.717) is 0 Å². The van der Waals surface area contributed by atoms with E-state index in [1.807, 2.05) is 43.3 Å². The standard InChI is InChI=1S/C11H10O.Na/c1-8-6-7-9-4-2-3-5-10(9)11(8)12;/h2-7,12H,1H3;/q;+1/p-1. The molecule has 0 aliphatic carbocycles. The second kappa shape index (κ2) is 4.14. The number of fused-ring (bicyclic) bond motifs is 1. The Kier molecular flexibility index (Phi) is 3.37. The molecule has 0 saturated carbocycles. The molecule has 0 unspecified atom stereocenters. The van der Waals surface area contributed by atoms with Gasteiger partial charge in [0.2, 0.25) is 0 Å². The van der Waals surface area contributed by atoms with Gasteiger partial charge >= 0.3 is 29.6 Å². The molecule has 13 heavy (non-hydrogen) atoms. The number of benzene rings is 2. The predicted molar refractivity (Wildman–Crippen MR) is 48.1 cm³/mol. The Bertz CT molecular complexity index is 423. The van der Waals surface area contributed by atoms with Gasteiger partial charge in [0.25, 0.3) is 0 Å². The molecular formula is C11H9NaO. The van der Waals surface area contributed by atoms with Crippen LogP contribution in [0.3, 0.4) is 0 Å². The van der Waals surface area contributed by atoms with Crippen LogP contribution in [0.15, 0.2) is 36.4 Å². The zero-order chi connectivity index (χ0) is 8.55. The molecule has 0 saturated heterocycles. The maximum atomic E-state index is 11.5. The normalized spacial score (nSPS) is 9.62. The van der Waals surface area contributed by atoms with Crippen LogP contribution in [0, 0.1) is 6.92 Å². The van der Waals surface area contributed by atoms with E-state index in [-0.39, 0.29) is 35.3 Å². The quantitative estimate of drug-likeness (QED) is 0.488. The Labute approximate surface area is 99.7 Å². The van der Waals surface area contributed by atoms with Crippen LogP contribution in [-0.2, 0) is 0 Å². The number of aryl methyl sites for hydroxylation is 1. The molecule has 1 nitrogen and oxygen atoms in total. The van der Waals surface area contributed by atoms with Crippen molar-refractivity contribution in [3.63, 3.8) is 0 Å². The molecule has 0 bridgehead atoms. The summed E-state index contributed by atoms with van der Waals surface area (Å²) >= 11 is 0. The van der Waals surface area contributed by atoms with E-state index >= 15 is 0 Å². The molecule has 0 heterocycles. The molecule has 0 radical (unpaired) electrons. The third-order valence-corrected chi connectivity index (χ3v) is 2.08. The average Bonchev–Trinajstić information content (AvgIpc) is 2.12. The summed E-state index contributed by atoms with van der Waals surface area (Å²) in [6.45, 7) is 1.84. The molecule has 60 valence electrons. The number of hydrogen-bond acceptors (Lipinski definition) is 1. The molecule has 0 fully saturated rings. The van der Waals surface area contributed by atoms with Crippen molar-refractivity contribution in [3.05, 3.63) is 42.0 Å². The van der Waals surface area contributed by atoms with Gasteiger partial charge in [-0.1, -0.05) is 47.7 Å². The zero-order valence-electron chi connectivity index (χ0n) is 7.87. The zero-order valence-corrected chi connectivity index (χ0v) is 9.87. The van der Waals surface area contributed by atoms with E-state index in [1.54, 1.807) is 0 Å². The van der Waals surface area contributed by atoms with Crippen LogP contribution in [0.1, 0.15) is 5.56 Å². The molecule has 0 atom stereocenters. The maximum Gasteiger partial charge on any atom is 1.00 e. The first kappa shape index (κ1) is 10.6. The smallest absolute Gasteiger partial charge is 0.872 e. The summed E-state index contributed by atoms with van der Waals surface area (Å²) in [5.74, 6) is 0.146. The van der Waals surface area contributed by atoms with Gasteiger partial charge in [0, 0.05) is 0 Å². The Hall–Kier alpha value is -0.500. The minimum Gasteiger partial charge on any atom is -0.872 e. The molecule has 0 spiro atoms. The molecule has 2 aromatic carbocycles. The van der Waals surface area contributed by atoms with Crippen LogP contribution >= 0.6 is 0 Å². The van der Waals surface area contributed by atoms with Crippen LogP contribution in [0.4, 0.5) is 0 Å². The van der Waals surface area contributed by atoms with Crippen LogP contribution in [0.25, 0.3) is 10.8 Å². The van der Waals surface area contributed by atoms with Gasteiger partial charge in [-0.25, -0.2) is 0 Å². The first-order valence-corrected chi connectivity index (χ1v) is 3.94. The fraction of sp³-hybridized carbons (Fsp3) is 0.0909. The first-order valence-electron chi connectivity index (χ1n) is 3.94. The van der Waals surface area contributed by atoms with E-state index in [9.17, 15) is 5.11 Å². The first-order chi connectivity index (χ1) is 5.79. The molecule has 0 aliphatic heterocycles. The number of hydrogen-bond donors (Lipinski definition) is 0. The summed E-state index contributed by atoms with van der Waals surface area (Å²) in [6, 6.07) is 11.5. The van der Waals surface area contributed by atoms with E-state index in [4.69, 9.17) is 0 Å². The van der Waals surface area contributed by atoms with Crippen molar-refractivity contribution in [2.75, 3.05) is 0 Å². The molecule has 0 aromatic heterocycles. The second-order valence-electron chi connectivity index (χ2n) is 2.93. The number of rotatable bonds is 0. The summed E-state index contributed by atoms with van der Waals surface area (Å²) in [7, 11) is 0. The van der Waals surface area contributed by atoms with Crippen LogP contribution in [0.5, 0.6) is 5.75 Å². The fourth-order valence-electron chi connectivity index (χ4n) is 1.35. The summed E-state index contributed by atoms with van der Waals surface area (Å²) < 4.78 is 0. The van der Waals surface area contributed by atoms with Crippen LogP contribution in [0.2, 0.25) is 0 Å². The van der Waals surface area contributed by atoms with E-state index in [1.165, 1.54) is 0 Å². The molecule has 0 aliphatic rings. The van der Waals surface area contributed by atoms with E-state index < -0.39 is 0 Å².